The smallest absolute Gasteiger partial charge is 0.222 e. The van der Waals surface area contributed by atoms with Crippen molar-refractivity contribution in [3.63, 3.8) is 0 Å². The Morgan fingerprint density at radius 3 is 2.88 bits per heavy atom. The summed E-state index contributed by atoms with van der Waals surface area (Å²) in [6, 6.07) is 7.68. The van der Waals surface area contributed by atoms with Crippen LogP contribution in [0.25, 0.3) is 0 Å². The zero-order valence-corrected chi connectivity index (χ0v) is 15.4. The minimum absolute atomic E-state index is 0.0313. The standard InChI is InChI=1S/C18H24N4O2S/c1-22-9-7-20-18(22)17(13-3-5-15(24-2)6-4-13)21-16(23)11-14-12-25-10-8-19-14/h3-7,9,14,17,19H,8,10-12H2,1-2H3,(H,21,23). The van der Waals surface area contributed by atoms with Gasteiger partial charge in [-0.05, 0) is 17.7 Å². The number of ether oxygens (including phenoxy) is 1. The van der Waals surface area contributed by atoms with Gasteiger partial charge >= 0.3 is 0 Å². The highest BCUT2D eigenvalue weighted by molar-refractivity contribution is 7.99. The SMILES string of the molecule is COc1ccc(C(NC(=O)CC2CSCCN2)c2nccn2C)cc1. The number of hydrogen-bond acceptors (Lipinski definition) is 5. The molecule has 25 heavy (non-hydrogen) atoms. The van der Waals surface area contributed by atoms with Gasteiger partial charge < -0.3 is 19.9 Å². The van der Waals surface area contributed by atoms with Crippen LogP contribution in [0.5, 0.6) is 5.75 Å². The lowest BCUT2D eigenvalue weighted by Gasteiger charge is -2.24. The first kappa shape index (κ1) is 17.8. The van der Waals surface area contributed by atoms with Crippen molar-refractivity contribution in [2.45, 2.75) is 18.5 Å². The zero-order valence-electron chi connectivity index (χ0n) is 14.6. The number of carbonyl (C=O) groups excluding carboxylic acids is 1. The molecule has 2 unspecified atom stereocenters. The number of nitrogens with one attached hydrogen (secondary N) is 2. The van der Waals surface area contributed by atoms with Crippen molar-refractivity contribution >= 4 is 17.7 Å². The van der Waals surface area contributed by atoms with Crippen LogP contribution in [0.2, 0.25) is 0 Å². The molecule has 2 heterocycles. The van der Waals surface area contributed by atoms with Crippen LogP contribution in [0.1, 0.15) is 23.9 Å². The topological polar surface area (TPSA) is 68.2 Å². The van der Waals surface area contributed by atoms with Crippen molar-refractivity contribution in [3.8, 4) is 5.75 Å². The summed E-state index contributed by atoms with van der Waals surface area (Å²) >= 11 is 1.89. The van der Waals surface area contributed by atoms with E-state index in [4.69, 9.17) is 4.74 Å². The fourth-order valence-corrected chi connectivity index (χ4v) is 3.89. The Hall–Kier alpha value is -1.99. The van der Waals surface area contributed by atoms with E-state index in [1.54, 1.807) is 13.3 Å². The third-order valence-electron chi connectivity index (χ3n) is 4.30. The lowest BCUT2D eigenvalue weighted by atomic mass is 10.1. The van der Waals surface area contributed by atoms with Gasteiger partial charge in [0.05, 0.1) is 7.11 Å². The lowest BCUT2D eigenvalue weighted by molar-refractivity contribution is -0.122. The Morgan fingerprint density at radius 1 is 1.48 bits per heavy atom. The van der Waals surface area contributed by atoms with Crippen molar-refractivity contribution in [1.82, 2.24) is 20.2 Å². The van der Waals surface area contributed by atoms with Gasteiger partial charge in [-0.3, -0.25) is 4.79 Å². The average Bonchev–Trinajstić information content (AvgIpc) is 3.06. The van der Waals surface area contributed by atoms with Gasteiger partial charge in [0.25, 0.3) is 0 Å². The molecule has 1 fully saturated rings. The largest absolute Gasteiger partial charge is 0.497 e. The molecule has 134 valence electrons. The van der Waals surface area contributed by atoms with Crippen molar-refractivity contribution < 1.29 is 9.53 Å². The molecule has 2 aromatic rings. The number of benzene rings is 1. The molecule has 2 atom stereocenters. The second kappa shape index (κ2) is 8.40. The van der Waals surface area contributed by atoms with Crippen LogP contribution in [0.4, 0.5) is 0 Å². The minimum atomic E-state index is -0.283. The van der Waals surface area contributed by atoms with Gasteiger partial charge in [0.15, 0.2) is 0 Å². The Balaban J connectivity index is 1.76. The van der Waals surface area contributed by atoms with Crippen molar-refractivity contribution in [2.75, 3.05) is 25.2 Å². The van der Waals surface area contributed by atoms with Crippen LogP contribution in [0, 0.1) is 0 Å². The fourth-order valence-electron chi connectivity index (χ4n) is 2.94. The summed E-state index contributed by atoms with van der Waals surface area (Å²) in [5, 5.41) is 6.55. The first-order valence-corrected chi connectivity index (χ1v) is 9.54. The summed E-state index contributed by atoms with van der Waals surface area (Å²) in [5.74, 6) is 3.72. The average molecular weight is 360 g/mol. The van der Waals surface area contributed by atoms with Crippen molar-refractivity contribution in [1.29, 1.82) is 0 Å². The summed E-state index contributed by atoms with van der Waals surface area (Å²) in [7, 11) is 3.58. The Kier molecular flexibility index (Phi) is 5.99. The molecule has 7 heteroatoms. The number of thioether (sulfide) groups is 1. The maximum atomic E-state index is 12.6. The van der Waals surface area contributed by atoms with E-state index < -0.39 is 0 Å². The number of carbonyl (C=O) groups is 1. The molecule has 1 amide bonds. The molecule has 3 rings (SSSR count). The van der Waals surface area contributed by atoms with Crippen LogP contribution in [-0.2, 0) is 11.8 Å². The van der Waals surface area contributed by atoms with Gasteiger partial charge in [-0.1, -0.05) is 12.1 Å². The van der Waals surface area contributed by atoms with E-state index in [0.29, 0.717) is 6.42 Å². The molecule has 6 nitrogen and oxygen atoms in total. The molecule has 0 spiro atoms. The molecule has 1 saturated heterocycles. The number of amides is 1. The first-order valence-electron chi connectivity index (χ1n) is 8.39. The Bertz CT molecular complexity index is 695. The van der Waals surface area contributed by atoms with Crippen LogP contribution >= 0.6 is 11.8 Å². The van der Waals surface area contributed by atoms with Gasteiger partial charge in [0, 0.05) is 50.0 Å². The fraction of sp³-hybridized carbons (Fsp3) is 0.444. The number of hydrogen-bond donors (Lipinski definition) is 2. The van der Waals surface area contributed by atoms with Gasteiger partial charge in [-0.2, -0.15) is 11.8 Å². The van der Waals surface area contributed by atoms with E-state index in [1.807, 2.05) is 53.8 Å². The summed E-state index contributed by atoms with van der Waals surface area (Å²) in [6.45, 7) is 0.962. The lowest BCUT2D eigenvalue weighted by Crippen LogP contribution is -2.42. The number of rotatable bonds is 6. The third kappa shape index (κ3) is 4.55. The second-order valence-electron chi connectivity index (χ2n) is 6.10. The highest BCUT2D eigenvalue weighted by Crippen LogP contribution is 2.23. The van der Waals surface area contributed by atoms with Crippen LogP contribution in [0.3, 0.4) is 0 Å². The molecule has 1 aliphatic rings. The van der Waals surface area contributed by atoms with Crippen molar-refractivity contribution in [2.24, 2.45) is 7.05 Å². The van der Waals surface area contributed by atoms with E-state index in [2.05, 4.69) is 15.6 Å². The normalized spacial score (nSPS) is 18.6. The van der Waals surface area contributed by atoms with Gasteiger partial charge in [-0.15, -0.1) is 0 Å². The quantitative estimate of drug-likeness (QED) is 0.821. The maximum Gasteiger partial charge on any atom is 0.222 e. The summed E-state index contributed by atoms with van der Waals surface area (Å²) in [4.78, 5) is 17.0. The number of aromatic nitrogens is 2. The van der Waals surface area contributed by atoms with Gasteiger partial charge in [-0.25, -0.2) is 4.98 Å². The summed E-state index contributed by atoms with van der Waals surface area (Å²) in [5.41, 5.74) is 0.981. The first-order chi connectivity index (χ1) is 12.2. The number of imidazole rings is 1. The Morgan fingerprint density at radius 2 is 2.28 bits per heavy atom. The molecular weight excluding hydrogens is 336 g/mol. The molecule has 0 aliphatic carbocycles. The monoisotopic (exact) mass is 360 g/mol. The van der Waals surface area contributed by atoms with Crippen LogP contribution < -0.4 is 15.4 Å². The molecule has 0 bridgehead atoms. The van der Waals surface area contributed by atoms with Crippen LogP contribution in [-0.4, -0.2) is 46.7 Å². The summed E-state index contributed by atoms with van der Waals surface area (Å²) in [6.07, 6.45) is 4.11. The van der Waals surface area contributed by atoms with Crippen molar-refractivity contribution in [3.05, 3.63) is 48.0 Å². The number of aryl methyl sites for hydroxylation is 1. The zero-order chi connectivity index (χ0) is 17.6. The van der Waals surface area contributed by atoms with Gasteiger partial charge in [0.1, 0.15) is 17.6 Å². The Labute approximate surface area is 152 Å². The van der Waals surface area contributed by atoms with Gasteiger partial charge in [0.2, 0.25) is 5.91 Å². The maximum absolute atomic E-state index is 12.6. The highest BCUT2D eigenvalue weighted by atomic mass is 32.2. The third-order valence-corrected chi connectivity index (χ3v) is 5.43. The van der Waals surface area contributed by atoms with E-state index in [1.165, 1.54) is 0 Å². The molecule has 0 saturated carbocycles. The van der Waals surface area contributed by atoms with E-state index in [0.717, 1.165) is 35.2 Å². The molecule has 1 aromatic carbocycles. The van der Waals surface area contributed by atoms with E-state index in [-0.39, 0.29) is 18.0 Å². The summed E-state index contributed by atoms with van der Waals surface area (Å²) < 4.78 is 7.16. The van der Waals surface area contributed by atoms with Crippen LogP contribution in [0.15, 0.2) is 36.7 Å². The number of methoxy groups -OCH3 is 1. The molecule has 0 radical (unpaired) electrons. The predicted octanol–water partition coefficient (Wildman–Crippen LogP) is 1.73. The second-order valence-corrected chi connectivity index (χ2v) is 7.25. The number of nitrogens with zero attached hydrogens (tertiary/aromatic N) is 2. The van der Waals surface area contributed by atoms with E-state index in [9.17, 15) is 4.79 Å². The molecule has 2 N–H and O–H groups in total. The predicted molar refractivity (Wildman–Crippen MR) is 99.9 cm³/mol. The molecular formula is C18H24N4O2S. The highest BCUT2D eigenvalue weighted by Gasteiger charge is 2.23. The minimum Gasteiger partial charge on any atom is -0.497 e. The van der Waals surface area contributed by atoms with E-state index >= 15 is 0 Å². The molecule has 1 aromatic heterocycles. The molecule has 1 aliphatic heterocycles.